The van der Waals surface area contributed by atoms with Crippen molar-refractivity contribution in [1.29, 1.82) is 0 Å². The smallest absolute Gasteiger partial charge is 0.0681 e. The Morgan fingerprint density at radius 1 is 1.29 bits per heavy atom. The van der Waals surface area contributed by atoms with Crippen molar-refractivity contribution in [2.75, 3.05) is 19.0 Å². The molecule has 0 aliphatic carbocycles. The van der Waals surface area contributed by atoms with Gasteiger partial charge in [0.25, 0.3) is 0 Å². The van der Waals surface area contributed by atoms with Crippen LogP contribution in [0, 0.1) is 0 Å². The van der Waals surface area contributed by atoms with E-state index >= 15 is 0 Å². The Bertz CT molecular complexity index is 246. The summed E-state index contributed by atoms with van der Waals surface area (Å²) in [7, 11) is 0. The minimum Gasteiger partial charge on any atom is -0.392 e. The van der Waals surface area contributed by atoms with Crippen LogP contribution in [0.2, 0.25) is 0 Å². The van der Waals surface area contributed by atoms with Crippen LogP contribution in [0.25, 0.3) is 0 Å². The zero-order chi connectivity index (χ0) is 10.2. The van der Waals surface area contributed by atoms with Crippen LogP contribution in [0.4, 0.5) is 0 Å². The second-order valence-electron chi connectivity index (χ2n) is 2.85. The Morgan fingerprint density at radius 2 is 2.00 bits per heavy atom. The summed E-state index contributed by atoms with van der Waals surface area (Å²) in [5, 5.41) is 8.85. The first kappa shape index (κ1) is 11.6. The molecule has 0 fully saturated rings. The second-order valence-corrected chi connectivity index (χ2v) is 4.02. The lowest BCUT2D eigenvalue weighted by molar-refractivity contribution is 0.164. The first-order chi connectivity index (χ1) is 6.86. The quantitative estimate of drug-likeness (QED) is 0.579. The third-order valence-corrected chi connectivity index (χ3v) is 2.78. The monoisotopic (exact) mass is 212 g/mol. The van der Waals surface area contributed by atoms with Gasteiger partial charge in [-0.05, 0) is 24.6 Å². The van der Waals surface area contributed by atoms with Gasteiger partial charge < -0.3 is 9.84 Å². The number of hydrogen-bond acceptors (Lipinski definition) is 3. The van der Waals surface area contributed by atoms with Gasteiger partial charge in [-0.1, -0.05) is 12.1 Å². The Kier molecular flexibility index (Phi) is 5.68. The second kappa shape index (κ2) is 6.87. The molecule has 78 valence electrons. The molecular formula is C11H16O2S. The summed E-state index contributed by atoms with van der Waals surface area (Å²) in [6, 6.07) is 7.95. The highest BCUT2D eigenvalue weighted by molar-refractivity contribution is 7.99. The van der Waals surface area contributed by atoms with Gasteiger partial charge in [-0.2, -0.15) is 0 Å². The van der Waals surface area contributed by atoms with E-state index in [0.29, 0.717) is 0 Å². The summed E-state index contributed by atoms with van der Waals surface area (Å²) in [4.78, 5) is 1.22. The number of rotatable bonds is 6. The van der Waals surface area contributed by atoms with Gasteiger partial charge in [0, 0.05) is 17.3 Å². The predicted molar refractivity (Wildman–Crippen MR) is 59.6 cm³/mol. The maximum atomic E-state index is 8.85. The lowest BCUT2D eigenvalue weighted by Crippen LogP contribution is -1.95. The molecule has 1 aromatic carbocycles. The molecule has 3 heteroatoms. The lowest BCUT2D eigenvalue weighted by atomic mass is 10.2. The van der Waals surface area contributed by atoms with Gasteiger partial charge in [0.1, 0.15) is 0 Å². The Morgan fingerprint density at radius 3 is 2.57 bits per heavy atom. The Hall–Kier alpha value is -0.510. The number of hydrogen-bond donors (Lipinski definition) is 1. The SMILES string of the molecule is CCOCCSc1ccc(CO)cc1. The van der Waals surface area contributed by atoms with Gasteiger partial charge in [-0.15, -0.1) is 11.8 Å². The van der Waals surface area contributed by atoms with E-state index in [9.17, 15) is 0 Å². The van der Waals surface area contributed by atoms with Crippen molar-refractivity contribution in [3.63, 3.8) is 0 Å². The molecule has 0 saturated carbocycles. The third-order valence-electron chi connectivity index (χ3n) is 1.81. The molecule has 2 nitrogen and oxygen atoms in total. The molecule has 0 aliphatic rings. The van der Waals surface area contributed by atoms with Crippen molar-refractivity contribution >= 4 is 11.8 Å². The molecular weight excluding hydrogens is 196 g/mol. The maximum absolute atomic E-state index is 8.85. The van der Waals surface area contributed by atoms with Gasteiger partial charge in [0.15, 0.2) is 0 Å². The Balaban J connectivity index is 2.29. The van der Waals surface area contributed by atoms with Crippen LogP contribution in [0.15, 0.2) is 29.2 Å². The predicted octanol–water partition coefficient (Wildman–Crippen LogP) is 2.31. The normalized spacial score (nSPS) is 10.4. The summed E-state index contributed by atoms with van der Waals surface area (Å²) >= 11 is 1.77. The van der Waals surface area contributed by atoms with E-state index in [0.717, 1.165) is 24.5 Å². The third kappa shape index (κ3) is 4.13. The van der Waals surface area contributed by atoms with Crippen molar-refractivity contribution < 1.29 is 9.84 Å². The molecule has 14 heavy (non-hydrogen) atoms. The van der Waals surface area contributed by atoms with E-state index in [1.54, 1.807) is 11.8 Å². The largest absolute Gasteiger partial charge is 0.392 e. The minimum atomic E-state index is 0.115. The van der Waals surface area contributed by atoms with Crippen LogP contribution < -0.4 is 0 Å². The highest BCUT2D eigenvalue weighted by Crippen LogP contribution is 2.17. The molecule has 0 spiro atoms. The number of aliphatic hydroxyl groups is 1. The number of ether oxygens (including phenoxy) is 1. The highest BCUT2D eigenvalue weighted by atomic mass is 32.2. The molecule has 0 atom stereocenters. The lowest BCUT2D eigenvalue weighted by Gasteiger charge is -2.02. The zero-order valence-electron chi connectivity index (χ0n) is 8.40. The molecule has 0 heterocycles. The molecule has 0 saturated heterocycles. The van der Waals surface area contributed by atoms with Crippen LogP contribution >= 0.6 is 11.8 Å². The van der Waals surface area contributed by atoms with Crippen molar-refractivity contribution in [2.45, 2.75) is 18.4 Å². The summed E-state index contributed by atoms with van der Waals surface area (Å²) in [5.41, 5.74) is 0.958. The van der Waals surface area contributed by atoms with E-state index in [1.165, 1.54) is 4.90 Å². The number of aliphatic hydroxyl groups excluding tert-OH is 1. The first-order valence-corrected chi connectivity index (χ1v) is 5.75. The van der Waals surface area contributed by atoms with E-state index in [-0.39, 0.29) is 6.61 Å². The summed E-state index contributed by atoms with van der Waals surface area (Å²) in [5.74, 6) is 0.978. The highest BCUT2D eigenvalue weighted by Gasteiger charge is 1.94. The zero-order valence-corrected chi connectivity index (χ0v) is 9.22. The van der Waals surface area contributed by atoms with Crippen LogP contribution in [-0.2, 0) is 11.3 Å². The molecule has 1 aromatic rings. The van der Waals surface area contributed by atoms with Crippen LogP contribution in [0.1, 0.15) is 12.5 Å². The fraction of sp³-hybridized carbons (Fsp3) is 0.455. The minimum absolute atomic E-state index is 0.115. The van der Waals surface area contributed by atoms with E-state index in [4.69, 9.17) is 9.84 Å². The van der Waals surface area contributed by atoms with Gasteiger partial charge in [0.05, 0.1) is 13.2 Å². The summed E-state index contributed by atoms with van der Waals surface area (Å²) in [6.07, 6.45) is 0. The first-order valence-electron chi connectivity index (χ1n) is 4.77. The molecule has 1 rings (SSSR count). The molecule has 0 radical (unpaired) electrons. The standard InChI is InChI=1S/C11H16O2S/c1-2-13-7-8-14-11-5-3-10(9-12)4-6-11/h3-6,12H,2,7-9H2,1H3. The van der Waals surface area contributed by atoms with E-state index < -0.39 is 0 Å². The van der Waals surface area contributed by atoms with Crippen LogP contribution in [0.3, 0.4) is 0 Å². The van der Waals surface area contributed by atoms with E-state index in [1.807, 2.05) is 31.2 Å². The maximum Gasteiger partial charge on any atom is 0.0681 e. The molecule has 0 aromatic heterocycles. The van der Waals surface area contributed by atoms with Crippen molar-refractivity contribution in [1.82, 2.24) is 0 Å². The van der Waals surface area contributed by atoms with Crippen molar-refractivity contribution in [3.8, 4) is 0 Å². The summed E-state index contributed by atoms with van der Waals surface area (Å²) in [6.45, 7) is 3.69. The van der Waals surface area contributed by atoms with Gasteiger partial charge in [-0.25, -0.2) is 0 Å². The average Bonchev–Trinajstić information content (AvgIpc) is 2.25. The Labute approximate surface area is 89.3 Å². The topological polar surface area (TPSA) is 29.5 Å². The van der Waals surface area contributed by atoms with E-state index in [2.05, 4.69) is 0 Å². The molecule has 1 N–H and O–H groups in total. The number of benzene rings is 1. The van der Waals surface area contributed by atoms with Gasteiger partial charge >= 0.3 is 0 Å². The number of thioether (sulfide) groups is 1. The molecule has 0 unspecified atom stereocenters. The van der Waals surface area contributed by atoms with Crippen LogP contribution in [0.5, 0.6) is 0 Å². The van der Waals surface area contributed by atoms with Crippen molar-refractivity contribution in [3.05, 3.63) is 29.8 Å². The van der Waals surface area contributed by atoms with Crippen LogP contribution in [-0.4, -0.2) is 24.1 Å². The fourth-order valence-electron chi connectivity index (χ4n) is 1.05. The van der Waals surface area contributed by atoms with Gasteiger partial charge in [0.2, 0.25) is 0 Å². The molecule has 0 amide bonds. The summed E-state index contributed by atoms with van der Waals surface area (Å²) < 4.78 is 5.24. The average molecular weight is 212 g/mol. The fourth-order valence-corrected chi connectivity index (χ4v) is 1.82. The molecule has 0 aliphatic heterocycles. The van der Waals surface area contributed by atoms with Gasteiger partial charge in [-0.3, -0.25) is 0 Å². The molecule has 0 bridgehead atoms. The van der Waals surface area contributed by atoms with Crippen molar-refractivity contribution in [2.24, 2.45) is 0 Å².